The maximum atomic E-state index is 10.6. The van der Waals surface area contributed by atoms with Crippen LogP contribution in [0.4, 0.5) is 0 Å². The predicted octanol–water partition coefficient (Wildman–Crippen LogP) is 2.86. The Morgan fingerprint density at radius 2 is 1.53 bits per heavy atom. The van der Waals surface area contributed by atoms with Gasteiger partial charge in [0.05, 0.1) is 18.8 Å². The molecule has 2 aliphatic rings. The van der Waals surface area contributed by atoms with Crippen LogP contribution >= 0.6 is 0 Å². The van der Waals surface area contributed by atoms with Gasteiger partial charge in [-0.25, -0.2) is 0 Å². The van der Waals surface area contributed by atoms with E-state index in [1.807, 2.05) is 0 Å². The first-order valence-corrected chi connectivity index (χ1v) is 6.83. The van der Waals surface area contributed by atoms with E-state index in [-0.39, 0.29) is 5.79 Å². The van der Waals surface area contributed by atoms with Crippen molar-refractivity contribution in [1.82, 2.24) is 0 Å². The lowest BCUT2D eigenvalue weighted by Crippen LogP contribution is -2.43. The van der Waals surface area contributed by atoms with E-state index in [0.29, 0.717) is 18.6 Å². The molecule has 0 aromatic carbocycles. The van der Waals surface area contributed by atoms with Gasteiger partial charge < -0.3 is 14.6 Å². The normalized spacial score (nSPS) is 27.5. The Bertz CT molecular complexity index is 251. The maximum absolute atomic E-state index is 10.6. The molecule has 0 aromatic rings. The average Bonchev–Trinajstić information content (AvgIpc) is 2.69. The van der Waals surface area contributed by atoms with Gasteiger partial charge in [0.25, 0.3) is 0 Å². The quantitative estimate of drug-likeness (QED) is 0.809. The maximum Gasteiger partial charge on any atom is 0.168 e. The molecule has 17 heavy (non-hydrogen) atoms. The van der Waals surface area contributed by atoms with Gasteiger partial charge >= 0.3 is 0 Å². The second-order valence-corrected chi connectivity index (χ2v) is 6.89. The van der Waals surface area contributed by atoms with Gasteiger partial charge in [0.2, 0.25) is 0 Å². The molecule has 0 amide bonds. The molecule has 0 atom stereocenters. The molecular formula is C14H26O3. The average molecular weight is 242 g/mol. The van der Waals surface area contributed by atoms with Crippen LogP contribution in [-0.2, 0) is 9.47 Å². The first kappa shape index (κ1) is 13.3. The first-order valence-electron chi connectivity index (χ1n) is 6.83. The molecule has 1 aliphatic heterocycles. The van der Waals surface area contributed by atoms with Gasteiger partial charge in [0, 0.05) is 12.8 Å². The van der Waals surface area contributed by atoms with Crippen molar-refractivity contribution in [2.45, 2.75) is 70.7 Å². The number of rotatable bonds is 2. The van der Waals surface area contributed by atoms with E-state index in [4.69, 9.17) is 9.47 Å². The summed E-state index contributed by atoms with van der Waals surface area (Å²) in [5.74, 6) is -0.353. The highest BCUT2D eigenvalue weighted by atomic mass is 16.7. The lowest BCUT2D eigenvalue weighted by molar-refractivity contribution is -0.203. The van der Waals surface area contributed by atoms with Crippen LogP contribution in [0.3, 0.4) is 0 Å². The van der Waals surface area contributed by atoms with Crippen molar-refractivity contribution >= 4 is 0 Å². The Morgan fingerprint density at radius 3 is 2.00 bits per heavy atom. The molecule has 3 nitrogen and oxygen atoms in total. The van der Waals surface area contributed by atoms with Gasteiger partial charge in [0.1, 0.15) is 0 Å². The predicted molar refractivity (Wildman–Crippen MR) is 66.7 cm³/mol. The van der Waals surface area contributed by atoms with Crippen molar-refractivity contribution in [1.29, 1.82) is 0 Å². The third-order valence-corrected chi connectivity index (χ3v) is 4.10. The van der Waals surface area contributed by atoms with Gasteiger partial charge in [-0.15, -0.1) is 0 Å². The molecule has 1 heterocycles. The molecule has 2 fully saturated rings. The van der Waals surface area contributed by atoms with Crippen LogP contribution in [0.1, 0.15) is 59.3 Å². The zero-order valence-electron chi connectivity index (χ0n) is 11.4. The van der Waals surface area contributed by atoms with E-state index < -0.39 is 5.60 Å². The highest BCUT2D eigenvalue weighted by Crippen LogP contribution is 2.43. The van der Waals surface area contributed by atoms with E-state index in [1.165, 1.54) is 0 Å². The number of aliphatic hydroxyl groups is 1. The van der Waals surface area contributed by atoms with E-state index in [1.54, 1.807) is 0 Å². The van der Waals surface area contributed by atoms with Crippen LogP contribution < -0.4 is 0 Å². The molecule has 1 N–H and O–H groups in total. The first-order chi connectivity index (χ1) is 7.83. The molecule has 3 heteroatoms. The standard InChI is InChI=1S/C14H26O3/c1-12(2,3)4-5-13(15)6-8-14(9-7-13)16-10-11-17-14/h15H,4-11H2,1-3H3. The largest absolute Gasteiger partial charge is 0.390 e. The summed E-state index contributed by atoms with van der Waals surface area (Å²) in [5.41, 5.74) is -0.195. The van der Waals surface area contributed by atoms with E-state index >= 15 is 0 Å². The Labute approximate surface area is 104 Å². The highest BCUT2D eigenvalue weighted by molar-refractivity contribution is 4.91. The molecule has 0 unspecified atom stereocenters. The fourth-order valence-corrected chi connectivity index (χ4v) is 2.74. The minimum absolute atomic E-state index is 0.297. The Hall–Kier alpha value is -0.120. The molecule has 0 aromatic heterocycles. The van der Waals surface area contributed by atoms with E-state index in [0.717, 1.165) is 38.5 Å². The summed E-state index contributed by atoms with van der Waals surface area (Å²) in [6.07, 6.45) is 5.26. The number of ether oxygens (including phenoxy) is 2. The lowest BCUT2D eigenvalue weighted by atomic mass is 9.75. The summed E-state index contributed by atoms with van der Waals surface area (Å²) in [4.78, 5) is 0. The minimum Gasteiger partial charge on any atom is -0.390 e. The number of hydrogen-bond donors (Lipinski definition) is 1. The number of hydrogen-bond acceptors (Lipinski definition) is 3. The molecule has 0 radical (unpaired) electrons. The fourth-order valence-electron chi connectivity index (χ4n) is 2.74. The van der Waals surface area contributed by atoms with Gasteiger partial charge in [-0.3, -0.25) is 0 Å². The van der Waals surface area contributed by atoms with Gasteiger partial charge in [-0.05, 0) is 31.1 Å². The summed E-state index contributed by atoms with van der Waals surface area (Å²) in [6, 6.07) is 0. The molecular weight excluding hydrogens is 216 g/mol. The van der Waals surface area contributed by atoms with E-state index in [2.05, 4.69) is 20.8 Å². The van der Waals surface area contributed by atoms with Crippen molar-refractivity contribution in [3.63, 3.8) is 0 Å². The highest BCUT2D eigenvalue weighted by Gasteiger charge is 2.45. The van der Waals surface area contributed by atoms with Gasteiger partial charge in [-0.2, -0.15) is 0 Å². The zero-order valence-corrected chi connectivity index (χ0v) is 11.4. The van der Waals surface area contributed by atoms with Gasteiger partial charge in [-0.1, -0.05) is 20.8 Å². The molecule has 1 spiro atoms. The van der Waals surface area contributed by atoms with Crippen LogP contribution in [-0.4, -0.2) is 29.7 Å². The third kappa shape index (κ3) is 3.43. The smallest absolute Gasteiger partial charge is 0.168 e. The van der Waals surface area contributed by atoms with Crippen LogP contribution in [0.25, 0.3) is 0 Å². The zero-order chi connectivity index (χ0) is 12.6. The van der Waals surface area contributed by atoms with Crippen molar-refractivity contribution in [3.8, 4) is 0 Å². The van der Waals surface area contributed by atoms with Crippen LogP contribution in [0.5, 0.6) is 0 Å². The van der Waals surface area contributed by atoms with Gasteiger partial charge in [0.15, 0.2) is 5.79 Å². The summed E-state index contributed by atoms with van der Waals surface area (Å²) in [6.45, 7) is 8.10. The molecule has 1 aliphatic carbocycles. The Balaban J connectivity index is 1.84. The third-order valence-electron chi connectivity index (χ3n) is 4.10. The van der Waals surface area contributed by atoms with Crippen molar-refractivity contribution in [2.75, 3.05) is 13.2 Å². The van der Waals surface area contributed by atoms with E-state index in [9.17, 15) is 5.11 Å². The minimum atomic E-state index is -0.492. The summed E-state index contributed by atoms with van der Waals surface area (Å²) >= 11 is 0. The summed E-state index contributed by atoms with van der Waals surface area (Å²) < 4.78 is 11.4. The van der Waals surface area contributed by atoms with Crippen molar-refractivity contribution in [2.24, 2.45) is 5.41 Å². The Morgan fingerprint density at radius 1 is 1.00 bits per heavy atom. The van der Waals surface area contributed by atoms with Crippen molar-refractivity contribution in [3.05, 3.63) is 0 Å². The monoisotopic (exact) mass is 242 g/mol. The molecule has 1 saturated carbocycles. The van der Waals surface area contributed by atoms with Crippen molar-refractivity contribution < 1.29 is 14.6 Å². The molecule has 100 valence electrons. The van der Waals surface area contributed by atoms with Crippen LogP contribution in [0, 0.1) is 5.41 Å². The second kappa shape index (κ2) is 4.52. The lowest BCUT2D eigenvalue weighted by Gasteiger charge is -2.41. The summed E-state index contributed by atoms with van der Waals surface area (Å²) in [7, 11) is 0. The van der Waals surface area contributed by atoms with Crippen LogP contribution in [0.2, 0.25) is 0 Å². The summed E-state index contributed by atoms with van der Waals surface area (Å²) in [5, 5.41) is 10.6. The fraction of sp³-hybridized carbons (Fsp3) is 1.00. The SMILES string of the molecule is CC(C)(C)CCC1(O)CCC2(CC1)OCCO2. The topological polar surface area (TPSA) is 38.7 Å². The molecule has 1 saturated heterocycles. The Kier molecular flexibility index (Phi) is 3.54. The van der Waals surface area contributed by atoms with Crippen LogP contribution in [0.15, 0.2) is 0 Å². The molecule has 0 bridgehead atoms. The molecule has 2 rings (SSSR count). The second-order valence-electron chi connectivity index (χ2n) is 6.89.